The van der Waals surface area contributed by atoms with E-state index in [0.29, 0.717) is 15.3 Å². The zero-order valence-corrected chi connectivity index (χ0v) is 20.4. The van der Waals surface area contributed by atoms with Crippen LogP contribution in [0.1, 0.15) is 23.5 Å². The standard InChI is InChI=1S/C23H19ClF6N4O5/c24-15-7-5-13(6-8-15)20-31-33(21(37)32(20)12-19(36)23(28,29)30)11-16(35)9-14(10-34(38)39)17-3-1-2-4-18(17)22(25,26)27/h1-8,14,19,36H,9-12H2/t14?,19-/m0/s1. The van der Waals surface area contributed by atoms with Gasteiger partial charge >= 0.3 is 18.0 Å². The first-order chi connectivity index (χ1) is 18.1. The zero-order valence-electron chi connectivity index (χ0n) is 19.6. The van der Waals surface area contributed by atoms with E-state index in [1.54, 1.807) is 0 Å². The molecule has 210 valence electrons. The topological polar surface area (TPSA) is 120 Å². The Labute approximate surface area is 220 Å². The van der Waals surface area contributed by atoms with E-state index in [0.717, 1.165) is 12.1 Å². The van der Waals surface area contributed by atoms with Crippen molar-refractivity contribution >= 4 is 17.4 Å². The summed E-state index contributed by atoms with van der Waals surface area (Å²) in [6, 6.07) is 9.38. The summed E-state index contributed by atoms with van der Waals surface area (Å²) in [4.78, 5) is 36.0. The van der Waals surface area contributed by atoms with E-state index in [4.69, 9.17) is 11.6 Å². The van der Waals surface area contributed by atoms with Crippen molar-refractivity contribution in [1.29, 1.82) is 0 Å². The highest BCUT2D eigenvalue weighted by Crippen LogP contribution is 2.36. The Hall–Kier alpha value is -3.72. The van der Waals surface area contributed by atoms with Crippen molar-refractivity contribution in [2.24, 2.45) is 0 Å². The zero-order chi connectivity index (χ0) is 29.1. The fraction of sp³-hybridized carbons (Fsp3) is 0.348. The molecule has 0 aliphatic heterocycles. The summed E-state index contributed by atoms with van der Waals surface area (Å²) in [6.07, 6.45) is -13.7. The average molecular weight is 581 g/mol. The van der Waals surface area contributed by atoms with Crippen LogP contribution in [0.5, 0.6) is 0 Å². The second kappa shape index (κ2) is 11.6. The van der Waals surface area contributed by atoms with Crippen molar-refractivity contribution in [2.45, 2.75) is 43.9 Å². The van der Waals surface area contributed by atoms with Gasteiger partial charge in [-0.15, -0.1) is 5.10 Å². The van der Waals surface area contributed by atoms with Crippen LogP contribution < -0.4 is 5.69 Å². The number of ketones is 1. The number of Topliss-reactive ketones (excluding diaryl/α,β-unsaturated/α-hetero) is 1. The van der Waals surface area contributed by atoms with Gasteiger partial charge in [-0.3, -0.25) is 19.5 Å². The molecule has 39 heavy (non-hydrogen) atoms. The van der Waals surface area contributed by atoms with Crippen LogP contribution in [-0.4, -0.2) is 49.0 Å². The highest BCUT2D eigenvalue weighted by Gasteiger charge is 2.40. The number of benzene rings is 2. The van der Waals surface area contributed by atoms with Crippen molar-refractivity contribution in [3.8, 4) is 11.4 Å². The molecule has 0 saturated heterocycles. The molecule has 9 nitrogen and oxygen atoms in total. The van der Waals surface area contributed by atoms with E-state index in [9.17, 15) is 51.2 Å². The number of alkyl halides is 6. The molecule has 1 N–H and O–H groups in total. The van der Waals surface area contributed by atoms with Crippen LogP contribution in [-0.2, 0) is 24.1 Å². The van der Waals surface area contributed by atoms with Crippen molar-refractivity contribution in [3.05, 3.63) is 85.3 Å². The first kappa shape index (κ1) is 29.8. The summed E-state index contributed by atoms with van der Waals surface area (Å²) in [6.45, 7) is -3.20. The third kappa shape index (κ3) is 7.44. The van der Waals surface area contributed by atoms with Gasteiger partial charge in [-0.1, -0.05) is 29.8 Å². The van der Waals surface area contributed by atoms with Crippen LogP contribution in [0.3, 0.4) is 0 Å². The summed E-state index contributed by atoms with van der Waals surface area (Å²) in [5.41, 5.74) is -2.78. The van der Waals surface area contributed by atoms with Gasteiger partial charge < -0.3 is 5.11 Å². The summed E-state index contributed by atoms with van der Waals surface area (Å²) in [5.74, 6) is -2.81. The van der Waals surface area contributed by atoms with Crippen LogP contribution in [0, 0.1) is 10.1 Å². The van der Waals surface area contributed by atoms with Crippen molar-refractivity contribution in [3.63, 3.8) is 0 Å². The molecule has 0 radical (unpaired) electrons. The van der Waals surface area contributed by atoms with Crippen molar-refractivity contribution in [2.75, 3.05) is 6.54 Å². The largest absolute Gasteiger partial charge is 0.416 e. The number of carbonyl (C=O) groups excluding carboxylic acids is 1. The van der Waals surface area contributed by atoms with E-state index >= 15 is 0 Å². The van der Waals surface area contributed by atoms with Gasteiger partial charge in [-0.2, -0.15) is 26.3 Å². The molecule has 3 aromatic rings. The normalized spacial score (nSPS) is 13.7. The van der Waals surface area contributed by atoms with Crippen LogP contribution in [0.25, 0.3) is 11.4 Å². The van der Waals surface area contributed by atoms with Crippen LogP contribution in [0.2, 0.25) is 5.02 Å². The van der Waals surface area contributed by atoms with Gasteiger partial charge in [0.15, 0.2) is 17.7 Å². The lowest BCUT2D eigenvalue weighted by atomic mass is 9.89. The molecule has 3 rings (SSSR count). The maximum absolute atomic E-state index is 13.5. The Morgan fingerprint density at radius 1 is 1.08 bits per heavy atom. The minimum Gasteiger partial charge on any atom is -0.382 e. The van der Waals surface area contributed by atoms with Crippen LogP contribution in [0.15, 0.2) is 53.3 Å². The average Bonchev–Trinajstić information content (AvgIpc) is 3.12. The minimum absolute atomic E-state index is 0.113. The molecule has 0 amide bonds. The number of rotatable bonds is 10. The van der Waals surface area contributed by atoms with Gasteiger partial charge in [-0.05, 0) is 35.9 Å². The molecule has 0 saturated carbocycles. The van der Waals surface area contributed by atoms with Crippen molar-refractivity contribution in [1.82, 2.24) is 14.3 Å². The minimum atomic E-state index is -5.09. The lowest BCUT2D eigenvalue weighted by Crippen LogP contribution is -2.37. The maximum atomic E-state index is 13.5. The molecule has 0 aliphatic rings. The molecule has 0 bridgehead atoms. The van der Waals surface area contributed by atoms with Gasteiger partial charge in [-0.25, -0.2) is 9.48 Å². The number of hydrogen-bond donors (Lipinski definition) is 1. The molecule has 0 fully saturated rings. The number of aromatic nitrogens is 3. The Kier molecular flexibility index (Phi) is 8.85. The molecular formula is C23H19ClF6N4O5. The number of hydrogen-bond acceptors (Lipinski definition) is 6. The third-order valence-corrected chi connectivity index (χ3v) is 5.89. The quantitative estimate of drug-likeness (QED) is 0.217. The Balaban J connectivity index is 1.97. The number of aliphatic hydroxyl groups excluding tert-OH is 1. The number of aliphatic hydroxyl groups is 1. The van der Waals surface area contributed by atoms with Gasteiger partial charge in [0.1, 0.15) is 6.54 Å². The molecule has 2 aromatic carbocycles. The highest BCUT2D eigenvalue weighted by atomic mass is 35.5. The number of nitro groups is 1. The highest BCUT2D eigenvalue weighted by molar-refractivity contribution is 6.30. The number of nitrogens with zero attached hydrogens (tertiary/aromatic N) is 4. The first-order valence-electron chi connectivity index (χ1n) is 11.1. The lowest BCUT2D eigenvalue weighted by molar-refractivity contribution is -0.483. The third-order valence-electron chi connectivity index (χ3n) is 5.63. The van der Waals surface area contributed by atoms with Crippen molar-refractivity contribution < 1.29 is 41.2 Å². The smallest absolute Gasteiger partial charge is 0.382 e. The van der Waals surface area contributed by atoms with Gasteiger partial charge in [0.25, 0.3) is 0 Å². The van der Waals surface area contributed by atoms with E-state index < -0.39 is 78.0 Å². The molecular weight excluding hydrogens is 562 g/mol. The number of halogens is 7. The second-order valence-corrected chi connectivity index (χ2v) is 8.92. The Morgan fingerprint density at radius 2 is 1.69 bits per heavy atom. The van der Waals surface area contributed by atoms with Gasteiger partial charge in [0, 0.05) is 21.9 Å². The van der Waals surface area contributed by atoms with Gasteiger partial charge in [0.05, 0.1) is 18.0 Å². The molecule has 0 spiro atoms. The molecule has 1 aromatic heterocycles. The first-order valence-corrected chi connectivity index (χ1v) is 11.4. The lowest BCUT2D eigenvalue weighted by Gasteiger charge is -2.18. The number of carbonyl (C=O) groups is 1. The SMILES string of the molecule is O=C(CC(C[N+](=O)[O-])c1ccccc1C(F)(F)F)Cn1nc(-c2ccc(Cl)cc2)n(C[C@H](O)C(F)(F)F)c1=O. The predicted octanol–water partition coefficient (Wildman–Crippen LogP) is 4.33. The summed E-state index contributed by atoms with van der Waals surface area (Å²) < 4.78 is 80.4. The summed E-state index contributed by atoms with van der Waals surface area (Å²) >= 11 is 5.82. The van der Waals surface area contributed by atoms with Crippen LogP contribution >= 0.6 is 11.6 Å². The Bertz CT molecular complexity index is 1400. The second-order valence-electron chi connectivity index (χ2n) is 8.48. The maximum Gasteiger partial charge on any atom is 0.416 e. The fourth-order valence-electron chi connectivity index (χ4n) is 3.87. The Morgan fingerprint density at radius 3 is 2.26 bits per heavy atom. The molecule has 2 atom stereocenters. The monoisotopic (exact) mass is 580 g/mol. The summed E-state index contributed by atoms with van der Waals surface area (Å²) in [7, 11) is 0. The van der Waals surface area contributed by atoms with Gasteiger partial charge in [0.2, 0.25) is 6.54 Å². The molecule has 1 unspecified atom stereocenters. The van der Waals surface area contributed by atoms with E-state index in [-0.39, 0.29) is 16.4 Å². The molecule has 16 heteroatoms. The predicted molar refractivity (Wildman–Crippen MR) is 125 cm³/mol. The molecule has 1 heterocycles. The van der Waals surface area contributed by atoms with Crippen LogP contribution in [0.4, 0.5) is 26.3 Å². The van der Waals surface area contributed by atoms with E-state index in [2.05, 4.69) is 5.10 Å². The molecule has 0 aliphatic carbocycles. The van der Waals surface area contributed by atoms with E-state index in [1.807, 2.05) is 0 Å². The van der Waals surface area contributed by atoms with E-state index in [1.165, 1.54) is 30.3 Å². The fourth-order valence-corrected chi connectivity index (χ4v) is 3.99. The summed E-state index contributed by atoms with van der Waals surface area (Å²) in [5, 5.41) is 24.8.